The molecule has 0 radical (unpaired) electrons. The van der Waals surface area contributed by atoms with E-state index in [2.05, 4.69) is 33.4 Å². The summed E-state index contributed by atoms with van der Waals surface area (Å²) >= 11 is 3.25. The zero-order valence-corrected chi connectivity index (χ0v) is 14.7. The Morgan fingerprint density at radius 2 is 1.88 bits per heavy atom. The van der Waals surface area contributed by atoms with Crippen LogP contribution in [0.15, 0.2) is 65.1 Å². The minimum Gasteiger partial charge on any atom is -0.323 e. The van der Waals surface area contributed by atoms with Crippen LogP contribution in [0, 0.1) is 5.82 Å². The van der Waals surface area contributed by atoms with Gasteiger partial charge in [-0.1, -0.05) is 42.5 Å². The molecule has 0 unspecified atom stereocenters. The molecule has 0 spiro atoms. The molecular formula is C19H16BrFN2O. The van der Waals surface area contributed by atoms with E-state index in [4.69, 9.17) is 0 Å². The van der Waals surface area contributed by atoms with Crippen molar-refractivity contribution in [1.29, 1.82) is 0 Å². The standard InChI is InChI=1S/C19H16BrFN2O/c1-23(19(24)22-18-10-9-15(21)11-17(18)20)12-14-7-4-6-13-5-2-3-8-16(13)14/h2-11H,12H2,1H3,(H,22,24). The van der Waals surface area contributed by atoms with Crippen molar-refractivity contribution in [3.63, 3.8) is 0 Å². The Morgan fingerprint density at radius 1 is 1.12 bits per heavy atom. The first-order valence-corrected chi connectivity index (χ1v) is 8.28. The summed E-state index contributed by atoms with van der Waals surface area (Å²) in [4.78, 5) is 14.0. The average molecular weight is 387 g/mol. The third kappa shape index (κ3) is 3.57. The molecule has 0 aromatic heterocycles. The van der Waals surface area contributed by atoms with Gasteiger partial charge in [-0.05, 0) is 50.5 Å². The lowest BCUT2D eigenvalue weighted by Gasteiger charge is -2.19. The van der Waals surface area contributed by atoms with Crippen molar-refractivity contribution in [3.05, 3.63) is 76.5 Å². The molecule has 3 aromatic carbocycles. The van der Waals surface area contributed by atoms with Crippen molar-refractivity contribution in [2.24, 2.45) is 0 Å². The van der Waals surface area contributed by atoms with Gasteiger partial charge in [0.25, 0.3) is 0 Å². The van der Waals surface area contributed by atoms with E-state index in [-0.39, 0.29) is 11.8 Å². The van der Waals surface area contributed by atoms with Crippen LogP contribution < -0.4 is 5.32 Å². The molecule has 0 saturated carbocycles. The molecule has 0 aliphatic rings. The molecule has 0 bridgehead atoms. The summed E-state index contributed by atoms with van der Waals surface area (Å²) in [6.07, 6.45) is 0. The van der Waals surface area contributed by atoms with Crippen LogP contribution in [-0.2, 0) is 6.54 Å². The van der Waals surface area contributed by atoms with Crippen molar-refractivity contribution in [2.75, 3.05) is 12.4 Å². The van der Waals surface area contributed by atoms with Crippen molar-refractivity contribution in [1.82, 2.24) is 4.90 Å². The second-order valence-corrected chi connectivity index (χ2v) is 6.40. The number of halogens is 2. The van der Waals surface area contributed by atoms with Gasteiger partial charge >= 0.3 is 6.03 Å². The van der Waals surface area contributed by atoms with Gasteiger partial charge in [-0.25, -0.2) is 9.18 Å². The first-order chi connectivity index (χ1) is 11.5. The minimum absolute atomic E-state index is 0.254. The number of hydrogen-bond donors (Lipinski definition) is 1. The number of anilines is 1. The number of rotatable bonds is 3. The van der Waals surface area contributed by atoms with Crippen LogP contribution in [0.1, 0.15) is 5.56 Å². The molecule has 2 amide bonds. The Morgan fingerprint density at radius 3 is 2.67 bits per heavy atom. The monoisotopic (exact) mass is 386 g/mol. The number of fused-ring (bicyclic) bond motifs is 1. The van der Waals surface area contributed by atoms with E-state index < -0.39 is 0 Å². The van der Waals surface area contributed by atoms with E-state index in [1.165, 1.54) is 18.2 Å². The van der Waals surface area contributed by atoms with Gasteiger partial charge in [-0.2, -0.15) is 0 Å². The SMILES string of the molecule is CN(Cc1cccc2ccccc12)C(=O)Nc1ccc(F)cc1Br. The fourth-order valence-electron chi connectivity index (χ4n) is 2.56. The number of nitrogens with zero attached hydrogens (tertiary/aromatic N) is 1. The molecule has 24 heavy (non-hydrogen) atoms. The molecule has 3 rings (SSSR count). The zero-order chi connectivity index (χ0) is 17.1. The van der Waals surface area contributed by atoms with Gasteiger partial charge in [-0.3, -0.25) is 0 Å². The lowest BCUT2D eigenvalue weighted by molar-refractivity contribution is 0.221. The van der Waals surface area contributed by atoms with Crippen molar-refractivity contribution in [3.8, 4) is 0 Å². The fourth-order valence-corrected chi connectivity index (χ4v) is 3.01. The number of hydrogen-bond acceptors (Lipinski definition) is 1. The summed E-state index contributed by atoms with van der Waals surface area (Å²) in [5.74, 6) is -0.357. The Balaban J connectivity index is 1.76. The maximum atomic E-state index is 13.1. The molecule has 0 saturated heterocycles. The summed E-state index contributed by atoms with van der Waals surface area (Å²) in [5.41, 5.74) is 1.61. The average Bonchev–Trinajstić information content (AvgIpc) is 2.57. The first-order valence-electron chi connectivity index (χ1n) is 7.48. The Hall–Kier alpha value is -2.40. The molecule has 0 atom stereocenters. The number of carbonyl (C=O) groups excluding carboxylic acids is 1. The lowest BCUT2D eigenvalue weighted by Crippen LogP contribution is -2.31. The largest absolute Gasteiger partial charge is 0.323 e. The molecule has 122 valence electrons. The second kappa shape index (κ2) is 7.01. The molecule has 3 nitrogen and oxygen atoms in total. The number of benzene rings is 3. The molecule has 3 aromatic rings. The highest BCUT2D eigenvalue weighted by Gasteiger charge is 2.12. The van der Waals surface area contributed by atoms with Gasteiger partial charge in [0.2, 0.25) is 0 Å². The van der Waals surface area contributed by atoms with E-state index >= 15 is 0 Å². The summed E-state index contributed by atoms with van der Waals surface area (Å²) in [5, 5.41) is 5.05. The molecular weight excluding hydrogens is 371 g/mol. The predicted molar refractivity (Wildman–Crippen MR) is 98.5 cm³/mol. The number of nitrogens with one attached hydrogen (secondary N) is 1. The van der Waals surface area contributed by atoms with Crippen LogP contribution in [0.4, 0.5) is 14.9 Å². The van der Waals surface area contributed by atoms with Gasteiger partial charge in [-0.15, -0.1) is 0 Å². The summed E-state index contributed by atoms with van der Waals surface area (Å²) in [6, 6.07) is 18.0. The van der Waals surface area contributed by atoms with Gasteiger partial charge in [0.05, 0.1) is 5.69 Å². The molecule has 0 aliphatic heterocycles. The highest BCUT2D eigenvalue weighted by Crippen LogP contribution is 2.24. The van der Waals surface area contributed by atoms with Gasteiger partial charge < -0.3 is 10.2 Å². The zero-order valence-electron chi connectivity index (χ0n) is 13.1. The highest BCUT2D eigenvalue weighted by atomic mass is 79.9. The maximum Gasteiger partial charge on any atom is 0.321 e. The number of urea groups is 1. The Bertz CT molecular complexity index is 892. The lowest BCUT2D eigenvalue weighted by atomic mass is 10.0. The van der Waals surface area contributed by atoms with E-state index in [1.54, 1.807) is 11.9 Å². The third-order valence-electron chi connectivity index (χ3n) is 3.81. The second-order valence-electron chi connectivity index (χ2n) is 5.55. The van der Waals surface area contributed by atoms with Crippen LogP contribution in [0.25, 0.3) is 10.8 Å². The van der Waals surface area contributed by atoms with Crippen molar-refractivity contribution in [2.45, 2.75) is 6.54 Å². The van der Waals surface area contributed by atoms with Crippen molar-refractivity contribution >= 4 is 38.4 Å². The molecule has 0 heterocycles. The van der Waals surface area contributed by atoms with E-state index in [0.717, 1.165) is 16.3 Å². The predicted octanol–water partition coefficient (Wildman–Crippen LogP) is 5.41. The topological polar surface area (TPSA) is 32.3 Å². The first kappa shape index (κ1) is 16.5. The minimum atomic E-state index is -0.357. The van der Waals surface area contributed by atoms with Gasteiger partial charge in [0, 0.05) is 18.1 Å². The smallest absolute Gasteiger partial charge is 0.321 e. The van der Waals surface area contributed by atoms with E-state index in [9.17, 15) is 9.18 Å². The van der Waals surface area contributed by atoms with Crippen LogP contribution in [-0.4, -0.2) is 18.0 Å². The third-order valence-corrected chi connectivity index (χ3v) is 4.46. The van der Waals surface area contributed by atoms with Crippen LogP contribution >= 0.6 is 15.9 Å². The number of carbonyl (C=O) groups is 1. The van der Waals surface area contributed by atoms with Crippen LogP contribution in [0.3, 0.4) is 0 Å². The molecule has 1 N–H and O–H groups in total. The molecule has 5 heteroatoms. The molecule has 0 fully saturated rings. The Kier molecular flexibility index (Phi) is 4.81. The van der Waals surface area contributed by atoms with Crippen molar-refractivity contribution < 1.29 is 9.18 Å². The summed E-state index contributed by atoms with van der Waals surface area (Å²) in [7, 11) is 1.73. The summed E-state index contributed by atoms with van der Waals surface area (Å²) < 4.78 is 13.6. The highest BCUT2D eigenvalue weighted by molar-refractivity contribution is 9.10. The summed E-state index contributed by atoms with van der Waals surface area (Å²) in [6.45, 7) is 0.478. The van der Waals surface area contributed by atoms with Gasteiger partial charge in [0.1, 0.15) is 5.82 Å². The fraction of sp³-hybridized carbons (Fsp3) is 0.105. The Labute approximate surface area is 148 Å². The van der Waals surface area contributed by atoms with E-state index in [0.29, 0.717) is 16.7 Å². The van der Waals surface area contributed by atoms with Gasteiger partial charge in [0.15, 0.2) is 0 Å². The molecule has 0 aliphatic carbocycles. The van der Waals surface area contributed by atoms with Crippen LogP contribution in [0.2, 0.25) is 0 Å². The normalized spacial score (nSPS) is 10.6. The van der Waals surface area contributed by atoms with E-state index in [1.807, 2.05) is 30.3 Å². The quantitative estimate of drug-likeness (QED) is 0.641. The maximum absolute atomic E-state index is 13.1. The number of amides is 2. The van der Waals surface area contributed by atoms with Crippen LogP contribution in [0.5, 0.6) is 0 Å².